The fourth-order valence-corrected chi connectivity index (χ4v) is 12.4. The lowest BCUT2D eigenvalue weighted by atomic mass is 9.99. The lowest BCUT2D eigenvalue weighted by Gasteiger charge is -2.21. The van der Waals surface area contributed by atoms with E-state index in [9.17, 15) is 43.2 Å². The molecule has 0 fully saturated rings. The first-order valence-electron chi connectivity index (χ1n) is 37.4. The Morgan fingerprint density at radius 3 is 0.835 bits per heavy atom. The van der Waals surface area contributed by atoms with Crippen molar-refractivity contribution in [3.63, 3.8) is 0 Å². The van der Waals surface area contributed by atoms with E-state index in [0.717, 1.165) is 108 Å². The van der Waals surface area contributed by atoms with Gasteiger partial charge >= 0.3 is 39.5 Å². The highest BCUT2D eigenvalue weighted by atomic mass is 31.2. The summed E-state index contributed by atoms with van der Waals surface area (Å²) in [6, 6.07) is 0. The molecule has 0 aliphatic rings. The van der Waals surface area contributed by atoms with Crippen molar-refractivity contribution in [3.8, 4) is 0 Å². The van der Waals surface area contributed by atoms with Gasteiger partial charge in [0.25, 0.3) is 0 Å². The average Bonchev–Trinajstić information content (AvgIpc) is 3.64. The van der Waals surface area contributed by atoms with Gasteiger partial charge in [0.1, 0.15) is 19.3 Å². The van der Waals surface area contributed by atoms with Crippen LogP contribution in [-0.4, -0.2) is 96.7 Å². The molecule has 3 N–H and O–H groups in total. The van der Waals surface area contributed by atoms with E-state index in [1.165, 1.54) is 167 Å². The minimum atomic E-state index is -4.95. The van der Waals surface area contributed by atoms with Crippen LogP contribution >= 0.6 is 15.6 Å². The van der Waals surface area contributed by atoms with Crippen LogP contribution in [0.4, 0.5) is 0 Å². The van der Waals surface area contributed by atoms with Crippen LogP contribution in [0.15, 0.2) is 0 Å². The number of hydrogen-bond acceptors (Lipinski definition) is 15. The molecule has 0 spiro atoms. The lowest BCUT2D eigenvalue weighted by molar-refractivity contribution is -0.161. The van der Waals surface area contributed by atoms with Crippen molar-refractivity contribution in [2.24, 2.45) is 17.8 Å². The molecule has 0 saturated carbocycles. The normalized spacial score (nSPS) is 14.5. The summed E-state index contributed by atoms with van der Waals surface area (Å²) in [6.45, 7) is 11.8. The van der Waals surface area contributed by atoms with Crippen LogP contribution in [0.5, 0.6) is 0 Å². The van der Waals surface area contributed by atoms with Gasteiger partial charge in [-0.2, -0.15) is 0 Å². The van der Waals surface area contributed by atoms with Gasteiger partial charge in [0.15, 0.2) is 12.2 Å². The molecule has 19 heteroatoms. The van der Waals surface area contributed by atoms with E-state index in [2.05, 4.69) is 48.5 Å². The summed E-state index contributed by atoms with van der Waals surface area (Å²) < 4.78 is 68.3. The van der Waals surface area contributed by atoms with Crippen molar-refractivity contribution >= 4 is 39.5 Å². The number of aliphatic hydroxyl groups is 1. The smallest absolute Gasteiger partial charge is 0.462 e. The molecule has 91 heavy (non-hydrogen) atoms. The molecule has 17 nitrogen and oxygen atoms in total. The molecule has 0 saturated heterocycles. The van der Waals surface area contributed by atoms with Crippen LogP contribution in [0.1, 0.15) is 363 Å². The SMILES string of the molecule is CCCCCCCCCCCCCCCCCC(=O)OC[C@H](COP(=O)(O)OC[C@@H](O)COP(=O)(O)OC[C@@H](COC(=O)CCCCCCCCC(C)C)OC(=O)CCCCCCCCCCC(C)CC)OC(=O)CCCCCCCCCCCCCCC(C)C. The highest BCUT2D eigenvalue weighted by Crippen LogP contribution is 2.45. The van der Waals surface area contributed by atoms with Gasteiger partial charge in [0, 0.05) is 25.7 Å². The minimum Gasteiger partial charge on any atom is -0.462 e. The second-order valence-corrected chi connectivity index (χ2v) is 30.1. The summed E-state index contributed by atoms with van der Waals surface area (Å²) in [5.74, 6) is 0.0999. The maximum atomic E-state index is 13.0. The maximum absolute atomic E-state index is 13.0. The van der Waals surface area contributed by atoms with Crippen LogP contribution < -0.4 is 0 Å². The van der Waals surface area contributed by atoms with Crippen LogP contribution in [0.2, 0.25) is 0 Å². The molecular weight excluding hydrogens is 1200 g/mol. The van der Waals surface area contributed by atoms with Crippen LogP contribution in [0.3, 0.4) is 0 Å². The molecule has 0 aromatic rings. The molecule has 540 valence electrons. The minimum absolute atomic E-state index is 0.104. The third-order valence-electron chi connectivity index (χ3n) is 17.0. The summed E-state index contributed by atoms with van der Waals surface area (Å²) in [6.07, 6.45) is 47.2. The topological polar surface area (TPSA) is 237 Å². The Labute approximate surface area is 556 Å². The molecule has 0 aliphatic heterocycles. The van der Waals surface area contributed by atoms with E-state index in [1.54, 1.807) is 0 Å². The van der Waals surface area contributed by atoms with Gasteiger partial charge in [0.05, 0.1) is 26.4 Å². The molecule has 0 bridgehead atoms. The number of aliphatic hydroxyl groups excluding tert-OH is 1. The molecule has 0 aliphatic carbocycles. The van der Waals surface area contributed by atoms with Crippen molar-refractivity contribution in [3.05, 3.63) is 0 Å². The number of unbranched alkanes of at least 4 members (excludes halogenated alkanes) is 37. The Morgan fingerprint density at radius 2 is 0.560 bits per heavy atom. The number of carbonyl (C=O) groups excluding carboxylic acids is 4. The van der Waals surface area contributed by atoms with Crippen molar-refractivity contribution in [1.29, 1.82) is 0 Å². The van der Waals surface area contributed by atoms with E-state index >= 15 is 0 Å². The van der Waals surface area contributed by atoms with Gasteiger partial charge in [-0.05, 0) is 43.4 Å². The zero-order chi connectivity index (χ0) is 67.3. The fraction of sp³-hybridized carbons (Fsp3) is 0.944. The number of rotatable bonds is 70. The Morgan fingerprint density at radius 1 is 0.319 bits per heavy atom. The zero-order valence-electron chi connectivity index (χ0n) is 59.3. The molecule has 0 amide bonds. The zero-order valence-corrected chi connectivity index (χ0v) is 61.1. The second kappa shape index (κ2) is 62.8. The van der Waals surface area contributed by atoms with Gasteiger partial charge < -0.3 is 33.8 Å². The summed E-state index contributed by atoms with van der Waals surface area (Å²) in [5, 5.41) is 10.6. The van der Waals surface area contributed by atoms with Crippen LogP contribution in [-0.2, 0) is 65.4 Å². The first kappa shape index (κ1) is 89.1. The molecular formula is C72H140O17P2. The predicted octanol–water partition coefficient (Wildman–Crippen LogP) is 20.6. The summed E-state index contributed by atoms with van der Waals surface area (Å²) in [4.78, 5) is 72.6. The third-order valence-corrected chi connectivity index (χ3v) is 18.9. The number of phosphoric acid groups is 2. The number of phosphoric ester groups is 2. The molecule has 0 radical (unpaired) electrons. The Balaban J connectivity index is 5.25. The Kier molecular flexibility index (Phi) is 61.5. The first-order valence-corrected chi connectivity index (χ1v) is 40.4. The lowest BCUT2D eigenvalue weighted by Crippen LogP contribution is -2.30. The second-order valence-electron chi connectivity index (χ2n) is 27.2. The molecule has 0 heterocycles. The van der Waals surface area contributed by atoms with E-state index in [0.29, 0.717) is 31.6 Å². The summed E-state index contributed by atoms with van der Waals surface area (Å²) >= 11 is 0. The van der Waals surface area contributed by atoms with E-state index in [-0.39, 0.29) is 25.7 Å². The van der Waals surface area contributed by atoms with Crippen molar-refractivity contribution in [1.82, 2.24) is 0 Å². The van der Waals surface area contributed by atoms with Crippen molar-refractivity contribution in [2.45, 2.75) is 381 Å². The number of esters is 4. The number of carbonyl (C=O) groups is 4. The highest BCUT2D eigenvalue weighted by Gasteiger charge is 2.30. The predicted molar refractivity (Wildman–Crippen MR) is 368 cm³/mol. The standard InChI is InChI=1S/C72H140O17P2/c1-8-10-11-12-13-14-15-16-17-18-22-25-31-39-46-53-69(74)82-59-67(88-71(76)55-48-41-32-26-23-20-19-21-24-29-36-43-50-63(3)4)61-86-90(78,79)84-57-66(73)58-85-91(80,81)87-62-68(60-83-70(75)54-47-40-35-34-37-44-51-64(5)6)89-72(77)56-49-42-33-28-27-30-38-45-52-65(7)9-2/h63-68,73H,8-62H2,1-7H3,(H,78,79)(H,80,81)/t65?,66-,67-,68-/m1/s1. The largest absolute Gasteiger partial charge is 0.472 e. The molecule has 0 rings (SSSR count). The number of hydrogen-bond donors (Lipinski definition) is 3. The third kappa shape index (κ3) is 65.1. The van der Waals surface area contributed by atoms with Gasteiger partial charge in [-0.1, -0.05) is 312 Å². The molecule has 0 aromatic heterocycles. The highest BCUT2D eigenvalue weighted by molar-refractivity contribution is 7.47. The maximum Gasteiger partial charge on any atom is 0.472 e. The summed E-state index contributed by atoms with van der Waals surface area (Å²) in [5.41, 5.74) is 0. The monoisotopic (exact) mass is 1340 g/mol. The van der Waals surface area contributed by atoms with E-state index < -0.39 is 97.5 Å². The first-order chi connectivity index (χ1) is 43.8. The van der Waals surface area contributed by atoms with E-state index in [4.69, 9.17) is 37.0 Å². The van der Waals surface area contributed by atoms with Gasteiger partial charge in [0.2, 0.25) is 0 Å². The van der Waals surface area contributed by atoms with Crippen LogP contribution in [0.25, 0.3) is 0 Å². The quantitative estimate of drug-likeness (QED) is 0.0222. The molecule has 0 aromatic carbocycles. The summed E-state index contributed by atoms with van der Waals surface area (Å²) in [7, 11) is -9.90. The number of ether oxygens (including phenoxy) is 4. The van der Waals surface area contributed by atoms with Crippen LogP contribution in [0, 0.1) is 17.8 Å². The average molecular weight is 1340 g/mol. The van der Waals surface area contributed by atoms with Crippen molar-refractivity contribution in [2.75, 3.05) is 39.6 Å². The van der Waals surface area contributed by atoms with Crippen molar-refractivity contribution < 1.29 is 80.2 Å². The Bertz CT molecular complexity index is 1790. The molecule has 3 unspecified atom stereocenters. The van der Waals surface area contributed by atoms with E-state index in [1.807, 2.05) is 0 Å². The van der Waals surface area contributed by atoms with Gasteiger partial charge in [-0.25, -0.2) is 9.13 Å². The molecule has 6 atom stereocenters. The Hall–Kier alpha value is -1.94. The van der Waals surface area contributed by atoms with Gasteiger partial charge in [-0.15, -0.1) is 0 Å². The van der Waals surface area contributed by atoms with Gasteiger partial charge in [-0.3, -0.25) is 37.3 Å². The fourth-order valence-electron chi connectivity index (χ4n) is 10.9.